The molecule has 76 valence electrons. The van der Waals surface area contributed by atoms with Crippen LogP contribution in [0.4, 0.5) is 0 Å². The van der Waals surface area contributed by atoms with Gasteiger partial charge in [-0.1, -0.05) is 25.1 Å². The second kappa shape index (κ2) is 4.11. The number of rotatable bonds is 2. The average Bonchev–Trinajstić information content (AvgIpc) is 2.27. The van der Waals surface area contributed by atoms with Gasteiger partial charge in [-0.25, -0.2) is 0 Å². The van der Waals surface area contributed by atoms with Gasteiger partial charge in [0.15, 0.2) is 0 Å². The largest absolute Gasteiger partial charge is 0.326 e. The summed E-state index contributed by atoms with van der Waals surface area (Å²) in [6.45, 7) is 3.97. The molecule has 1 aromatic carbocycles. The maximum atomic E-state index is 5.63. The first-order valence-electron chi connectivity index (χ1n) is 5.40. The van der Waals surface area contributed by atoms with Gasteiger partial charge in [0.05, 0.1) is 0 Å². The fourth-order valence-corrected chi connectivity index (χ4v) is 2.20. The molecule has 1 aromatic rings. The van der Waals surface area contributed by atoms with Gasteiger partial charge in [-0.2, -0.15) is 0 Å². The highest BCUT2D eigenvalue weighted by Crippen LogP contribution is 2.25. The van der Waals surface area contributed by atoms with Gasteiger partial charge < -0.3 is 11.1 Å². The third-order valence-corrected chi connectivity index (χ3v) is 3.01. The zero-order valence-electron chi connectivity index (χ0n) is 8.72. The molecule has 1 atom stereocenters. The smallest absolute Gasteiger partial charge is 0.0320 e. The molecule has 0 radical (unpaired) electrons. The van der Waals surface area contributed by atoms with Gasteiger partial charge >= 0.3 is 0 Å². The van der Waals surface area contributed by atoms with Crippen molar-refractivity contribution in [3.05, 3.63) is 34.9 Å². The standard InChI is InChI=1S/C12H18N2/c1-2-12-11-4-3-9(8-13)7-10(11)5-6-14-12/h3-4,7,12,14H,2,5-6,8,13H2,1H3. The Bertz CT molecular complexity index is 320. The molecule has 3 N–H and O–H groups in total. The lowest BCUT2D eigenvalue weighted by Gasteiger charge is -2.26. The van der Waals surface area contributed by atoms with Crippen molar-refractivity contribution in [2.75, 3.05) is 6.54 Å². The zero-order chi connectivity index (χ0) is 9.97. The quantitative estimate of drug-likeness (QED) is 0.745. The Morgan fingerprint density at radius 3 is 3.07 bits per heavy atom. The minimum absolute atomic E-state index is 0.547. The molecule has 1 heterocycles. The van der Waals surface area contributed by atoms with Gasteiger partial charge in [-0.15, -0.1) is 0 Å². The van der Waals surface area contributed by atoms with Crippen LogP contribution in [0.15, 0.2) is 18.2 Å². The average molecular weight is 190 g/mol. The van der Waals surface area contributed by atoms with E-state index in [1.165, 1.54) is 16.7 Å². The van der Waals surface area contributed by atoms with E-state index in [0.717, 1.165) is 19.4 Å². The number of fused-ring (bicyclic) bond motifs is 1. The predicted molar refractivity (Wildman–Crippen MR) is 59.1 cm³/mol. The van der Waals surface area contributed by atoms with Crippen LogP contribution in [0.25, 0.3) is 0 Å². The van der Waals surface area contributed by atoms with E-state index in [9.17, 15) is 0 Å². The highest BCUT2D eigenvalue weighted by atomic mass is 14.9. The minimum Gasteiger partial charge on any atom is -0.326 e. The van der Waals surface area contributed by atoms with E-state index in [1.54, 1.807) is 0 Å². The van der Waals surface area contributed by atoms with Crippen LogP contribution >= 0.6 is 0 Å². The molecule has 1 aliphatic heterocycles. The summed E-state index contributed by atoms with van der Waals surface area (Å²) < 4.78 is 0. The van der Waals surface area contributed by atoms with Crippen LogP contribution in [0, 0.1) is 0 Å². The van der Waals surface area contributed by atoms with Crippen LogP contribution in [0.5, 0.6) is 0 Å². The van der Waals surface area contributed by atoms with Crippen molar-refractivity contribution in [1.29, 1.82) is 0 Å². The van der Waals surface area contributed by atoms with E-state index in [0.29, 0.717) is 12.6 Å². The van der Waals surface area contributed by atoms with E-state index in [-0.39, 0.29) is 0 Å². The second-order valence-corrected chi connectivity index (χ2v) is 3.90. The Labute approximate surface area is 85.5 Å². The number of hydrogen-bond acceptors (Lipinski definition) is 2. The Hall–Kier alpha value is -0.860. The lowest BCUT2D eigenvalue weighted by atomic mass is 9.91. The van der Waals surface area contributed by atoms with Crippen LogP contribution in [-0.2, 0) is 13.0 Å². The van der Waals surface area contributed by atoms with Crippen molar-refractivity contribution in [2.24, 2.45) is 5.73 Å². The first-order valence-corrected chi connectivity index (χ1v) is 5.40. The zero-order valence-corrected chi connectivity index (χ0v) is 8.72. The summed E-state index contributed by atoms with van der Waals surface area (Å²) >= 11 is 0. The number of nitrogens with one attached hydrogen (secondary N) is 1. The fourth-order valence-electron chi connectivity index (χ4n) is 2.20. The van der Waals surface area contributed by atoms with Crippen LogP contribution in [-0.4, -0.2) is 6.54 Å². The van der Waals surface area contributed by atoms with Crippen LogP contribution in [0.2, 0.25) is 0 Å². The first kappa shape index (κ1) is 9.69. The fraction of sp³-hybridized carbons (Fsp3) is 0.500. The minimum atomic E-state index is 0.547. The van der Waals surface area contributed by atoms with E-state index in [2.05, 4.69) is 30.4 Å². The summed E-state index contributed by atoms with van der Waals surface area (Å²) in [6.07, 6.45) is 2.30. The topological polar surface area (TPSA) is 38.0 Å². The molecule has 0 amide bonds. The Balaban J connectivity index is 2.35. The van der Waals surface area contributed by atoms with E-state index >= 15 is 0 Å². The van der Waals surface area contributed by atoms with Gasteiger partial charge in [0, 0.05) is 12.6 Å². The number of benzene rings is 1. The van der Waals surface area contributed by atoms with E-state index < -0.39 is 0 Å². The van der Waals surface area contributed by atoms with Gasteiger partial charge in [-0.3, -0.25) is 0 Å². The third kappa shape index (κ3) is 1.68. The van der Waals surface area contributed by atoms with Crippen molar-refractivity contribution in [3.8, 4) is 0 Å². The molecule has 2 nitrogen and oxygen atoms in total. The summed E-state index contributed by atoms with van der Waals surface area (Å²) in [5.41, 5.74) is 9.84. The Kier molecular flexibility index (Phi) is 2.85. The maximum absolute atomic E-state index is 5.63. The molecule has 2 heteroatoms. The molecule has 0 fully saturated rings. The Morgan fingerprint density at radius 1 is 1.50 bits per heavy atom. The van der Waals surface area contributed by atoms with Crippen molar-refractivity contribution in [2.45, 2.75) is 32.4 Å². The molecule has 0 spiro atoms. The SMILES string of the molecule is CCC1NCCc2cc(CN)ccc21. The van der Waals surface area contributed by atoms with E-state index in [4.69, 9.17) is 5.73 Å². The van der Waals surface area contributed by atoms with Gasteiger partial charge in [0.2, 0.25) is 0 Å². The normalized spacial score (nSPS) is 20.6. The highest BCUT2D eigenvalue weighted by molar-refractivity contribution is 5.36. The lowest BCUT2D eigenvalue weighted by Crippen LogP contribution is -2.29. The molecular weight excluding hydrogens is 172 g/mol. The highest BCUT2D eigenvalue weighted by Gasteiger charge is 2.17. The van der Waals surface area contributed by atoms with Gasteiger partial charge in [0.1, 0.15) is 0 Å². The predicted octanol–water partition coefficient (Wildman–Crippen LogP) is 1.74. The summed E-state index contributed by atoms with van der Waals surface area (Å²) in [5.74, 6) is 0. The summed E-state index contributed by atoms with van der Waals surface area (Å²) in [4.78, 5) is 0. The molecule has 14 heavy (non-hydrogen) atoms. The first-order chi connectivity index (χ1) is 6.85. The van der Waals surface area contributed by atoms with E-state index in [1.807, 2.05) is 0 Å². The molecule has 1 unspecified atom stereocenters. The van der Waals surface area contributed by atoms with Gasteiger partial charge in [0.25, 0.3) is 0 Å². The number of hydrogen-bond donors (Lipinski definition) is 2. The van der Waals surface area contributed by atoms with Crippen molar-refractivity contribution < 1.29 is 0 Å². The lowest BCUT2D eigenvalue weighted by molar-refractivity contribution is 0.492. The van der Waals surface area contributed by atoms with Crippen LogP contribution in [0.3, 0.4) is 0 Å². The molecule has 0 saturated heterocycles. The monoisotopic (exact) mass is 190 g/mol. The summed E-state index contributed by atoms with van der Waals surface area (Å²) in [6, 6.07) is 7.19. The molecule has 0 aliphatic carbocycles. The number of nitrogens with two attached hydrogens (primary N) is 1. The van der Waals surface area contributed by atoms with Crippen molar-refractivity contribution >= 4 is 0 Å². The summed E-state index contributed by atoms with van der Waals surface area (Å²) in [5, 5.41) is 3.53. The van der Waals surface area contributed by atoms with Crippen molar-refractivity contribution in [1.82, 2.24) is 5.32 Å². The Morgan fingerprint density at radius 2 is 2.36 bits per heavy atom. The van der Waals surface area contributed by atoms with Crippen molar-refractivity contribution in [3.63, 3.8) is 0 Å². The second-order valence-electron chi connectivity index (χ2n) is 3.90. The molecule has 0 bridgehead atoms. The van der Waals surface area contributed by atoms with Crippen LogP contribution < -0.4 is 11.1 Å². The molecule has 0 saturated carbocycles. The third-order valence-electron chi connectivity index (χ3n) is 3.01. The molecular formula is C12H18N2. The van der Waals surface area contributed by atoms with Crippen LogP contribution in [0.1, 0.15) is 36.1 Å². The van der Waals surface area contributed by atoms with Gasteiger partial charge in [-0.05, 0) is 36.1 Å². The molecule has 2 rings (SSSR count). The molecule has 1 aliphatic rings. The molecule has 0 aromatic heterocycles. The maximum Gasteiger partial charge on any atom is 0.0320 e. The summed E-state index contributed by atoms with van der Waals surface area (Å²) in [7, 11) is 0.